The van der Waals surface area contributed by atoms with E-state index >= 15 is 0 Å². The molecule has 98 valence electrons. The summed E-state index contributed by atoms with van der Waals surface area (Å²) in [6.07, 6.45) is 3.10. The summed E-state index contributed by atoms with van der Waals surface area (Å²) in [5.41, 5.74) is 7.46. The van der Waals surface area contributed by atoms with Crippen molar-refractivity contribution in [1.82, 2.24) is 24.5 Å². The number of rotatable bonds is 2. The molecule has 8 nitrogen and oxygen atoms in total. The zero-order valence-electron chi connectivity index (χ0n) is 10.5. The zero-order valence-corrected chi connectivity index (χ0v) is 10.5. The van der Waals surface area contributed by atoms with Crippen LogP contribution < -0.4 is 11.1 Å². The second-order valence-corrected chi connectivity index (χ2v) is 4.34. The smallest absolute Gasteiger partial charge is 0.248 e. The Balaban J connectivity index is 2.24. The van der Waals surface area contributed by atoms with Crippen molar-refractivity contribution in [3.63, 3.8) is 0 Å². The number of hydrogen-bond acceptors (Lipinski definition) is 5. The number of nitrogens with zero attached hydrogens (tertiary/aromatic N) is 5. The normalized spacial score (nSPS) is 18.1. The van der Waals surface area contributed by atoms with Crippen LogP contribution in [0.5, 0.6) is 0 Å². The van der Waals surface area contributed by atoms with E-state index in [0.717, 1.165) is 5.69 Å². The number of fused-ring (bicyclic) bond motifs is 1. The number of amides is 1. The van der Waals surface area contributed by atoms with Crippen molar-refractivity contribution in [3.8, 4) is 0 Å². The molecular weight excluding hydrogens is 246 g/mol. The van der Waals surface area contributed by atoms with E-state index < -0.39 is 11.9 Å². The van der Waals surface area contributed by atoms with Crippen LogP contribution in [0.2, 0.25) is 0 Å². The Kier molecular flexibility index (Phi) is 2.37. The Bertz CT molecular complexity index is 681. The van der Waals surface area contributed by atoms with E-state index in [1.807, 2.05) is 13.1 Å². The van der Waals surface area contributed by atoms with Gasteiger partial charge in [-0.1, -0.05) is 0 Å². The van der Waals surface area contributed by atoms with Gasteiger partial charge in [-0.05, 0) is 13.0 Å². The number of nitrogens with two attached hydrogens (primary N) is 1. The van der Waals surface area contributed by atoms with E-state index in [4.69, 9.17) is 5.73 Å². The third kappa shape index (κ3) is 1.60. The summed E-state index contributed by atoms with van der Waals surface area (Å²) >= 11 is 0. The number of carbonyl (C=O) groups is 1. The lowest BCUT2D eigenvalue weighted by Gasteiger charge is -2.27. The molecule has 1 atom stereocenters. The van der Waals surface area contributed by atoms with E-state index in [2.05, 4.69) is 20.5 Å². The first-order valence-corrected chi connectivity index (χ1v) is 5.74. The highest BCUT2D eigenvalue weighted by atomic mass is 16.1. The van der Waals surface area contributed by atoms with Gasteiger partial charge in [0.15, 0.2) is 0 Å². The third-order valence-corrected chi connectivity index (χ3v) is 3.20. The molecule has 2 aromatic rings. The van der Waals surface area contributed by atoms with Gasteiger partial charge >= 0.3 is 0 Å². The van der Waals surface area contributed by atoms with Crippen molar-refractivity contribution in [2.75, 3.05) is 5.32 Å². The molecule has 1 aliphatic rings. The predicted octanol–water partition coefficient (Wildman–Crippen LogP) is -0.214. The van der Waals surface area contributed by atoms with Crippen LogP contribution in [-0.4, -0.2) is 30.5 Å². The van der Waals surface area contributed by atoms with Crippen molar-refractivity contribution in [2.45, 2.75) is 13.0 Å². The summed E-state index contributed by atoms with van der Waals surface area (Å²) in [6.45, 7) is 1.79. The lowest BCUT2D eigenvalue weighted by Crippen LogP contribution is -2.32. The Hall–Kier alpha value is -2.64. The molecule has 0 aliphatic carbocycles. The standard InChI is InChI=1S/C11H13N7O/c1-6-8(10(12)19)9(7-3-4-14-17(7)2)18-11(16-6)13-5-15-18/h3-5,9H,1-2H3,(H2,12,19)(H,13,15,16)/t9-/m0/s1. The highest BCUT2D eigenvalue weighted by Gasteiger charge is 2.33. The topological polar surface area (TPSA) is 104 Å². The van der Waals surface area contributed by atoms with Gasteiger partial charge in [0.2, 0.25) is 11.9 Å². The van der Waals surface area contributed by atoms with E-state index in [0.29, 0.717) is 17.2 Å². The molecule has 1 aliphatic heterocycles. The number of hydrogen-bond donors (Lipinski definition) is 2. The number of carbonyl (C=O) groups excluding carboxylic acids is 1. The Morgan fingerprint density at radius 3 is 2.89 bits per heavy atom. The number of primary amides is 1. The average Bonchev–Trinajstić information content (AvgIpc) is 2.95. The number of anilines is 1. The summed E-state index contributed by atoms with van der Waals surface area (Å²) in [5.74, 6) is 0.0889. The van der Waals surface area contributed by atoms with Crippen molar-refractivity contribution < 1.29 is 4.79 Å². The van der Waals surface area contributed by atoms with Crippen molar-refractivity contribution >= 4 is 11.9 Å². The molecule has 8 heteroatoms. The monoisotopic (exact) mass is 259 g/mol. The van der Waals surface area contributed by atoms with E-state index in [-0.39, 0.29) is 0 Å². The molecule has 19 heavy (non-hydrogen) atoms. The van der Waals surface area contributed by atoms with E-state index in [1.54, 1.807) is 22.5 Å². The quantitative estimate of drug-likeness (QED) is 0.776. The van der Waals surface area contributed by atoms with Gasteiger partial charge in [0.1, 0.15) is 12.4 Å². The number of aromatic nitrogens is 5. The summed E-state index contributed by atoms with van der Waals surface area (Å²) in [5, 5.41) is 11.3. The van der Waals surface area contributed by atoms with Gasteiger partial charge in [-0.15, -0.1) is 0 Å². The predicted molar refractivity (Wildman–Crippen MR) is 66.9 cm³/mol. The maximum absolute atomic E-state index is 11.7. The molecule has 0 saturated carbocycles. The molecule has 0 saturated heterocycles. The fourth-order valence-corrected chi connectivity index (χ4v) is 2.34. The number of aryl methyl sites for hydroxylation is 1. The van der Waals surface area contributed by atoms with Gasteiger partial charge in [-0.2, -0.15) is 15.2 Å². The Labute approximate surface area is 108 Å². The average molecular weight is 259 g/mol. The lowest BCUT2D eigenvalue weighted by atomic mass is 10.00. The first-order valence-electron chi connectivity index (χ1n) is 5.74. The van der Waals surface area contributed by atoms with Crippen LogP contribution in [0.3, 0.4) is 0 Å². The Morgan fingerprint density at radius 1 is 1.47 bits per heavy atom. The summed E-state index contributed by atoms with van der Waals surface area (Å²) in [4.78, 5) is 15.9. The van der Waals surface area contributed by atoms with Crippen molar-refractivity contribution in [2.24, 2.45) is 12.8 Å². The van der Waals surface area contributed by atoms with Gasteiger partial charge < -0.3 is 11.1 Å². The maximum Gasteiger partial charge on any atom is 0.248 e. The molecule has 0 bridgehead atoms. The molecule has 0 radical (unpaired) electrons. The second-order valence-electron chi connectivity index (χ2n) is 4.34. The van der Waals surface area contributed by atoms with E-state index in [9.17, 15) is 4.79 Å². The fraction of sp³-hybridized carbons (Fsp3) is 0.273. The van der Waals surface area contributed by atoms with Gasteiger partial charge in [0.25, 0.3) is 0 Å². The largest absolute Gasteiger partial charge is 0.366 e. The van der Waals surface area contributed by atoms with Crippen LogP contribution in [0.4, 0.5) is 5.95 Å². The van der Waals surface area contributed by atoms with Gasteiger partial charge in [-0.25, -0.2) is 4.68 Å². The minimum atomic E-state index is -0.489. The molecule has 1 amide bonds. The molecule has 3 N–H and O–H groups in total. The van der Waals surface area contributed by atoms with Crippen molar-refractivity contribution in [3.05, 3.63) is 35.6 Å². The molecule has 0 spiro atoms. The van der Waals surface area contributed by atoms with Crippen LogP contribution in [0.15, 0.2) is 29.9 Å². The molecule has 3 rings (SSSR count). The summed E-state index contributed by atoms with van der Waals surface area (Å²) < 4.78 is 3.32. The summed E-state index contributed by atoms with van der Waals surface area (Å²) in [7, 11) is 1.81. The SMILES string of the molecule is CC1=C(C(N)=O)[C@H](c2ccnn2C)n2ncnc2N1. The highest BCUT2D eigenvalue weighted by molar-refractivity contribution is 5.95. The lowest BCUT2D eigenvalue weighted by molar-refractivity contribution is -0.115. The fourth-order valence-electron chi connectivity index (χ4n) is 2.34. The van der Waals surface area contributed by atoms with E-state index in [1.165, 1.54) is 6.33 Å². The molecule has 3 heterocycles. The van der Waals surface area contributed by atoms with Gasteiger partial charge in [0.05, 0.1) is 11.3 Å². The first-order chi connectivity index (χ1) is 9.09. The molecule has 0 unspecified atom stereocenters. The number of allylic oxidation sites excluding steroid dienone is 1. The minimum absolute atomic E-state index is 0.413. The number of nitrogens with one attached hydrogen (secondary N) is 1. The second kappa shape index (κ2) is 3.94. The molecule has 2 aromatic heterocycles. The van der Waals surface area contributed by atoms with Crippen LogP contribution >= 0.6 is 0 Å². The maximum atomic E-state index is 11.7. The minimum Gasteiger partial charge on any atom is -0.366 e. The molecule has 0 aromatic carbocycles. The van der Waals surface area contributed by atoms with Gasteiger partial charge in [0, 0.05) is 18.9 Å². The van der Waals surface area contributed by atoms with Crippen LogP contribution in [-0.2, 0) is 11.8 Å². The van der Waals surface area contributed by atoms with Crippen LogP contribution in [0.1, 0.15) is 18.7 Å². The molecular formula is C11H13N7O. The molecule has 0 fully saturated rings. The third-order valence-electron chi connectivity index (χ3n) is 3.20. The summed E-state index contributed by atoms with van der Waals surface area (Å²) in [6, 6.07) is 1.42. The zero-order chi connectivity index (χ0) is 13.6. The Morgan fingerprint density at radius 2 is 2.26 bits per heavy atom. The highest BCUT2D eigenvalue weighted by Crippen LogP contribution is 2.33. The van der Waals surface area contributed by atoms with Crippen molar-refractivity contribution in [1.29, 1.82) is 0 Å². The van der Waals surface area contributed by atoms with Gasteiger partial charge in [-0.3, -0.25) is 9.48 Å². The van der Waals surface area contributed by atoms with Crippen LogP contribution in [0, 0.1) is 0 Å². The van der Waals surface area contributed by atoms with Crippen LogP contribution in [0.25, 0.3) is 0 Å². The first kappa shape index (κ1) is 11.5.